The van der Waals surface area contributed by atoms with Crippen molar-refractivity contribution in [1.82, 2.24) is 20.6 Å². The molecule has 0 aliphatic heterocycles. The molecule has 178 valence electrons. The van der Waals surface area contributed by atoms with Crippen LogP contribution in [-0.4, -0.2) is 43.9 Å². The molecule has 0 unspecified atom stereocenters. The molecular formula is C24H26N4O6. The average Bonchev–Trinajstić information content (AvgIpc) is 2.83. The fourth-order valence-corrected chi connectivity index (χ4v) is 2.24. The van der Waals surface area contributed by atoms with Crippen LogP contribution in [0.25, 0.3) is 0 Å². The van der Waals surface area contributed by atoms with Crippen molar-refractivity contribution in [2.45, 2.75) is 26.9 Å². The predicted molar refractivity (Wildman–Crippen MR) is 124 cm³/mol. The van der Waals surface area contributed by atoms with Crippen LogP contribution in [0.4, 0.5) is 0 Å². The van der Waals surface area contributed by atoms with Gasteiger partial charge in [0.1, 0.15) is 0 Å². The van der Waals surface area contributed by atoms with Gasteiger partial charge in [0.15, 0.2) is 0 Å². The molecule has 2 heterocycles. The van der Waals surface area contributed by atoms with Crippen LogP contribution in [0.3, 0.4) is 0 Å². The standard InChI is InChI=1S/2C8H10N2O.C8H6O4/c2*1-7(11)10-6-8-2-4-9-5-3-8;9-7(10)5-2-1-3-6(4-5)8(11)12/h2*2-5H,6H2,1H3,(H,10,11);1-4H,(H,9,10)(H,11,12). The van der Waals surface area contributed by atoms with Crippen molar-refractivity contribution >= 4 is 23.8 Å². The van der Waals surface area contributed by atoms with Gasteiger partial charge in [0.2, 0.25) is 11.8 Å². The number of aromatic carboxylic acids is 2. The number of hydrogen-bond donors (Lipinski definition) is 4. The van der Waals surface area contributed by atoms with Crippen molar-refractivity contribution in [2.24, 2.45) is 0 Å². The molecule has 34 heavy (non-hydrogen) atoms. The SMILES string of the molecule is CC(=O)NCc1ccncc1.CC(=O)NCc1ccncc1.O=C(O)c1cccc(C(=O)O)c1. The van der Waals surface area contributed by atoms with E-state index in [2.05, 4.69) is 20.6 Å². The Morgan fingerprint density at radius 3 is 1.32 bits per heavy atom. The minimum Gasteiger partial charge on any atom is -0.478 e. The number of amides is 2. The zero-order valence-corrected chi connectivity index (χ0v) is 18.8. The van der Waals surface area contributed by atoms with Gasteiger partial charge < -0.3 is 20.8 Å². The number of nitrogens with one attached hydrogen (secondary N) is 2. The highest BCUT2D eigenvalue weighted by molar-refractivity contribution is 5.93. The Morgan fingerprint density at radius 1 is 0.676 bits per heavy atom. The summed E-state index contributed by atoms with van der Waals surface area (Å²) >= 11 is 0. The van der Waals surface area contributed by atoms with E-state index in [1.165, 1.54) is 32.0 Å². The number of nitrogens with zero attached hydrogens (tertiary/aromatic N) is 2. The summed E-state index contributed by atoms with van der Waals surface area (Å²) in [6.07, 6.45) is 6.82. The fraction of sp³-hybridized carbons (Fsp3) is 0.167. The number of pyridine rings is 2. The largest absolute Gasteiger partial charge is 0.478 e. The molecule has 0 atom stereocenters. The van der Waals surface area contributed by atoms with Crippen molar-refractivity contribution < 1.29 is 29.4 Å². The van der Waals surface area contributed by atoms with Gasteiger partial charge in [-0.3, -0.25) is 19.6 Å². The number of carbonyl (C=O) groups excluding carboxylic acids is 2. The normalized spacial score (nSPS) is 9.24. The van der Waals surface area contributed by atoms with E-state index in [9.17, 15) is 19.2 Å². The van der Waals surface area contributed by atoms with Crippen LogP contribution in [0.2, 0.25) is 0 Å². The maximum Gasteiger partial charge on any atom is 0.335 e. The first kappa shape index (κ1) is 27.4. The molecule has 0 aliphatic rings. The minimum absolute atomic E-state index is 0.0122. The number of rotatable bonds is 6. The molecule has 0 bridgehead atoms. The second-order valence-corrected chi connectivity index (χ2v) is 6.72. The number of benzene rings is 1. The lowest BCUT2D eigenvalue weighted by molar-refractivity contribution is -0.120. The Morgan fingerprint density at radius 2 is 1.03 bits per heavy atom. The third kappa shape index (κ3) is 12.3. The van der Waals surface area contributed by atoms with Crippen LogP contribution >= 0.6 is 0 Å². The molecule has 0 saturated heterocycles. The first-order valence-electron chi connectivity index (χ1n) is 10.0. The molecule has 0 spiro atoms. The second kappa shape index (κ2) is 15.2. The first-order chi connectivity index (χ1) is 16.2. The molecule has 3 aromatic rings. The Labute approximate surface area is 196 Å². The Hall–Kier alpha value is -4.60. The van der Waals surface area contributed by atoms with Crippen LogP contribution < -0.4 is 10.6 Å². The van der Waals surface area contributed by atoms with Crippen LogP contribution in [0.5, 0.6) is 0 Å². The monoisotopic (exact) mass is 466 g/mol. The topological polar surface area (TPSA) is 159 Å². The van der Waals surface area contributed by atoms with E-state index in [4.69, 9.17) is 10.2 Å². The van der Waals surface area contributed by atoms with Crippen LogP contribution in [0.15, 0.2) is 73.3 Å². The molecule has 10 heteroatoms. The number of aromatic nitrogens is 2. The van der Waals surface area contributed by atoms with Gasteiger partial charge in [0.05, 0.1) is 11.1 Å². The lowest BCUT2D eigenvalue weighted by atomic mass is 10.1. The van der Waals surface area contributed by atoms with Gasteiger partial charge in [-0.1, -0.05) is 6.07 Å². The maximum absolute atomic E-state index is 10.5. The van der Waals surface area contributed by atoms with Crippen molar-refractivity contribution in [3.8, 4) is 0 Å². The van der Waals surface area contributed by atoms with Crippen molar-refractivity contribution in [3.63, 3.8) is 0 Å². The highest BCUT2D eigenvalue weighted by Gasteiger charge is 2.06. The van der Waals surface area contributed by atoms with Crippen molar-refractivity contribution in [1.29, 1.82) is 0 Å². The van der Waals surface area contributed by atoms with E-state index in [1.54, 1.807) is 24.8 Å². The van der Waals surface area contributed by atoms with Gasteiger partial charge in [-0.25, -0.2) is 9.59 Å². The summed E-state index contributed by atoms with van der Waals surface area (Å²) in [5.41, 5.74) is 2.09. The van der Waals surface area contributed by atoms with Crippen LogP contribution in [-0.2, 0) is 22.7 Å². The summed E-state index contributed by atoms with van der Waals surface area (Å²) in [6.45, 7) is 4.16. The number of carboxylic acids is 2. The molecule has 2 amide bonds. The lowest BCUT2D eigenvalue weighted by Gasteiger charge is -1.99. The summed E-state index contributed by atoms with van der Waals surface area (Å²) in [4.78, 5) is 49.5. The molecule has 2 aromatic heterocycles. The van der Waals surface area contributed by atoms with E-state index in [1.807, 2.05) is 24.3 Å². The lowest BCUT2D eigenvalue weighted by Crippen LogP contribution is -2.18. The summed E-state index contributed by atoms with van der Waals surface area (Å²) in [5, 5.41) is 22.4. The third-order valence-corrected chi connectivity index (χ3v) is 3.94. The molecule has 3 rings (SSSR count). The van der Waals surface area contributed by atoms with Crippen molar-refractivity contribution in [3.05, 3.63) is 95.6 Å². The van der Waals surface area contributed by atoms with Crippen LogP contribution in [0.1, 0.15) is 45.7 Å². The van der Waals surface area contributed by atoms with Gasteiger partial charge in [-0.2, -0.15) is 0 Å². The molecule has 0 radical (unpaired) electrons. The molecule has 10 nitrogen and oxygen atoms in total. The van der Waals surface area contributed by atoms with Crippen molar-refractivity contribution in [2.75, 3.05) is 0 Å². The fourth-order valence-electron chi connectivity index (χ4n) is 2.24. The summed E-state index contributed by atoms with van der Waals surface area (Å²) < 4.78 is 0. The zero-order valence-electron chi connectivity index (χ0n) is 18.8. The molecule has 1 aromatic carbocycles. The molecular weight excluding hydrogens is 440 g/mol. The molecule has 0 saturated carbocycles. The molecule has 0 aliphatic carbocycles. The van der Waals surface area contributed by atoms with E-state index < -0.39 is 11.9 Å². The highest BCUT2D eigenvalue weighted by Crippen LogP contribution is 2.04. The van der Waals surface area contributed by atoms with E-state index in [0.29, 0.717) is 13.1 Å². The highest BCUT2D eigenvalue weighted by atomic mass is 16.4. The third-order valence-electron chi connectivity index (χ3n) is 3.94. The smallest absolute Gasteiger partial charge is 0.335 e. The molecule has 0 fully saturated rings. The number of hydrogen-bond acceptors (Lipinski definition) is 6. The number of carboxylic acid groups (broad SMARTS) is 2. The zero-order chi connectivity index (χ0) is 25.3. The Kier molecular flexibility index (Phi) is 12.3. The summed E-state index contributed by atoms with van der Waals surface area (Å²) in [6, 6.07) is 12.7. The Balaban J connectivity index is 0.000000255. The van der Waals surface area contributed by atoms with E-state index >= 15 is 0 Å². The van der Waals surface area contributed by atoms with Gasteiger partial charge in [-0.05, 0) is 53.6 Å². The quantitative estimate of drug-likeness (QED) is 0.431. The number of carbonyl (C=O) groups is 4. The average molecular weight is 466 g/mol. The minimum atomic E-state index is -1.13. The van der Waals surface area contributed by atoms with Gasteiger partial charge >= 0.3 is 11.9 Å². The van der Waals surface area contributed by atoms with Gasteiger partial charge in [0.25, 0.3) is 0 Å². The summed E-state index contributed by atoms with van der Waals surface area (Å²) in [5.74, 6) is -2.28. The Bertz CT molecular complexity index is 992. The first-order valence-corrected chi connectivity index (χ1v) is 10.0. The van der Waals surface area contributed by atoms with E-state index in [0.717, 1.165) is 17.2 Å². The second-order valence-electron chi connectivity index (χ2n) is 6.72. The van der Waals surface area contributed by atoms with Crippen LogP contribution in [0, 0.1) is 0 Å². The maximum atomic E-state index is 10.5. The van der Waals surface area contributed by atoms with E-state index in [-0.39, 0.29) is 22.9 Å². The summed E-state index contributed by atoms with van der Waals surface area (Å²) in [7, 11) is 0. The predicted octanol–water partition coefficient (Wildman–Crippen LogP) is 2.52. The molecule has 4 N–H and O–H groups in total. The van der Waals surface area contributed by atoms with Gasteiger partial charge in [-0.15, -0.1) is 0 Å². The van der Waals surface area contributed by atoms with Gasteiger partial charge in [0, 0.05) is 51.7 Å².